The van der Waals surface area contributed by atoms with E-state index in [9.17, 15) is 9.59 Å². The molecule has 3 aromatic carbocycles. The van der Waals surface area contributed by atoms with Crippen molar-refractivity contribution < 1.29 is 28.5 Å². The van der Waals surface area contributed by atoms with Gasteiger partial charge in [0.15, 0.2) is 0 Å². The Hall–Kier alpha value is -2.47. The Kier molecular flexibility index (Phi) is 10.3. The van der Waals surface area contributed by atoms with Gasteiger partial charge in [-0.05, 0) is 49.4 Å². The topological polar surface area (TPSA) is 77.4 Å². The highest BCUT2D eigenvalue weighted by Gasteiger charge is 2.32. The van der Waals surface area contributed by atoms with E-state index < -0.39 is 16.6 Å². The highest BCUT2D eigenvalue weighted by Crippen LogP contribution is 2.21. The van der Waals surface area contributed by atoms with Crippen LogP contribution in [0.3, 0.4) is 0 Å². The molecule has 0 fully saturated rings. The van der Waals surface area contributed by atoms with Crippen LogP contribution in [0.2, 0.25) is 26.2 Å². The van der Waals surface area contributed by atoms with E-state index in [0.717, 1.165) is 21.5 Å². The fourth-order valence-corrected chi connectivity index (χ4v) is 6.17. The molecule has 0 bridgehead atoms. The van der Waals surface area contributed by atoms with Crippen LogP contribution in [0.25, 0.3) is 0 Å². The summed E-state index contributed by atoms with van der Waals surface area (Å²) in [5.41, 5.74) is 2.21. The highest BCUT2D eigenvalue weighted by molar-refractivity contribution is 6.86. The van der Waals surface area contributed by atoms with Gasteiger partial charge >= 0.3 is 0 Å². The average Bonchev–Trinajstić information content (AvgIpc) is 2.84. The van der Waals surface area contributed by atoms with Crippen molar-refractivity contribution in [3.63, 3.8) is 0 Å². The molecule has 0 saturated heterocycles. The highest BCUT2D eigenvalue weighted by atomic mass is 28.4. The van der Waals surface area contributed by atoms with Gasteiger partial charge in [0.2, 0.25) is 16.6 Å². The summed E-state index contributed by atoms with van der Waals surface area (Å²) < 4.78 is 23.6. The van der Waals surface area contributed by atoms with E-state index in [4.69, 9.17) is 18.9 Å². The quantitative estimate of drug-likeness (QED) is 0.247. The van der Waals surface area contributed by atoms with E-state index in [0.29, 0.717) is 51.1 Å². The lowest BCUT2D eigenvalue weighted by Crippen LogP contribution is -2.47. The van der Waals surface area contributed by atoms with E-state index in [1.807, 2.05) is 99.0 Å². The summed E-state index contributed by atoms with van der Waals surface area (Å²) in [5.74, 6) is 1.16. The molecule has 36 heavy (non-hydrogen) atoms. The minimum Gasteiger partial charge on any atom is -0.491 e. The molecule has 3 aromatic rings. The Balaban J connectivity index is 1.64. The Bertz CT molecular complexity index is 976. The van der Waals surface area contributed by atoms with Gasteiger partial charge in [-0.1, -0.05) is 60.7 Å². The summed E-state index contributed by atoms with van der Waals surface area (Å²) in [5, 5.41) is 1.46. The first kappa shape index (κ1) is 28.1. The van der Waals surface area contributed by atoms with Crippen molar-refractivity contribution in [1.29, 1.82) is 0 Å². The summed E-state index contributed by atoms with van der Waals surface area (Å²) in [7, 11) is -5.51. The monoisotopic (exact) mass is 526 g/mol. The third-order valence-electron chi connectivity index (χ3n) is 5.59. The van der Waals surface area contributed by atoms with Crippen LogP contribution in [-0.4, -0.2) is 52.7 Å². The summed E-state index contributed by atoms with van der Waals surface area (Å²) >= 11 is 0. The third kappa shape index (κ3) is 8.88. The molecule has 0 aliphatic heterocycles. The first-order valence-corrected chi connectivity index (χ1v) is 18.2. The molecule has 0 atom stereocenters. The summed E-state index contributed by atoms with van der Waals surface area (Å²) in [6.45, 7) is 9.89. The molecule has 0 spiro atoms. The molecular weight excluding hydrogens is 488 g/mol. The normalized spacial score (nSPS) is 11.9. The zero-order valence-electron chi connectivity index (χ0n) is 21.7. The second-order valence-electron chi connectivity index (χ2n) is 9.74. The van der Waals surface area contributed by atoms with Crippen LogP contribution in [0.4, 0.5) is 0 Å². The lowest BCUT2D eigenvalue weighted by molar-refractivity contribution is 0.0882. The first-order valence-electron chi connectivity index (χ1n) is 12.3. The molecule has 0 aliphatic carbocycles. The minimum absolute atomic E-state index is 0.338. The minimum atomic E-state index is -2.75. The zero-order chi connectivity index (χ0) is 26.0. The SMILES string of the molecule is C[Si](C)(O)c1cc(OCCOCc2ccccc2)c([Si](C)(C)O)cc1OCCOCc1ccccc1. The van der Waals surface area contributed by atoms with Crippen molar-refractivity contribution in [2.75, 3.05) is 26.4 Å². The van der Waals surface area contributed by atoms with Crippen LogP contribution in [0.1, 0.15) is 11.1 Å². The molecule has 6 nitrogen and oxygen atoms in total. The number of hydrogen-bond donors (Lipinski definition) is 2. The average molecular weight is 527 g/mol. The van der Waals surface area contributed by atoms with Gasteiger partial charge in [-0.15, -0.1) is 0 Å². The van der Waals surface area contributed by atoms with E-state index >= 15 is 0 Å². The van der Waals surface area contributed by atoms with Gasteiger partial charge in [0.1, 0.15) is 24.7 Å². The Morgan fingerprint density at radius 2 is 0.917 bits per heavy atom. The van der Waals surface area contributed by atoms with Gasteiger partial charge in [0.05, 0.1) is 26.4 Å². The lowest BCUT2D eigenvalue weighted by atomic mass is 10.2. The molecule has 0 unspecified atom stereocenters. The van der Waals surface area contributed by atoms with Gasteiger partial charge in [0, 0.05) is 10.4 Å². The van der Waals surface area contributed by atoms with E-state index in [1.165, 1.54) is 0 Å². The fourth-order valence-electron chi connectivity index (χ4n) is 3.70. The third-order valence-corrected chi connectivity index (χ3v) is 9.01. The molecule has 0 saturated carbocycles. The smallest absolute Gasteiger partial charge is 0.217 e. The molecule has 0 heterocycles. The summed E-state index contributed by atoms with van der Waals surface area (Å²) in [6, 6.07) is 23.6. The molecule has 8 heteroatoms. The Morgan fingerprint density at radius 3 is 1.25 bits per heavy atom. The largest absolute Gasteiger partial charge is 0.491 e. The van der Waals surface area contributed by atoms with Crippen molar-refractivity contribution in [3.8, 4) is 11.5 Å². The maximum Gasteiger partial charge on any atom is 0.217 e. The molecule has 3 rings (SSSR count). The van der Waals surface area contributed by atoms with Gasteiger partial charge in [-0.25, -0.2) is 0 Å². The molecule has 2 N–H and O–H groups in total. The number of ether oxygens (including phenoxy) is 4. The molecule has 0 radical (unpaired) electrons. The van der Waals surface area contributed by atoms with Crippen molar-refractivity contribution in [3.05, 3.63) is 83.9 Å². The van der Waals surface area contributed by atoms with Crippen LogP contribution in [0.5, 0.6) is 11.5 Å². The maximum atomic E-state index is 11.0. The molecule has 0 aromatic heterocycles. The molecule has 194 valence electrons. The number of rotatable bonds is 14. The predicted molar refractivity (Wildman–Crippen MR) is 148 cm³/mol. The number of benzene rings is 3. The molecule has 0 amide bonds. The van der Waals surface area contributed by atoms with Gasteiger partial charge in [-0.2, -0.15) is 0 Å². The first-order chi connectivity index (χ1) is 17.1. The standard InChI is InChI=1S/C28H38O6Si2/c1-35(2,29)27-19-26(34-18-16-32-22-24-13-9-6-10-14-24)28(36(3,4)30)20-25(27)33-17-15-31-21-23-11-7-5-8-12-23/h5-14,19-20,29-30H,15-18,21-22H2,1-4H3. The van der Waals surface area contributed by atoms with Crippen LogP contribution < -0.4 is 19.8 Å². The van der Waals surface area contributed by atoms with Crippen molar-refractivity contribution in [1.82, 2.24) is 0 Å². The van der Waals surface area contributed by atoms with E-state index in [1.54, 1.807) is 0 Å². The second-order valence-corrected chi connectivity index (χ2v) is 17.0. The van der Waals surface area contributed by atoms with Gasteiger partial charge in [-0.3, -0.25) is 0 Å². The Morgan fingerprint density at radius 1 is 0.556 bits per heavy atom. The molecular formula is C28H38O6Si2. The predicted octanol–water partition coefficient (Wildman–Crippen LogP) is 3.69. The molecule has 0 aliphatic rings. The van der Waals surface area contributed by atoms with Crippen LogP contribution in [0.15, 0.2) is 72.8 Å². The van der Waals surface area contributed by atoms with Crippen molar-refractivity contribution in [2.24, 2.45) is 0 Å². The van der Waals surface area contributed by atoms with Crippen molar-refractivity contribution >= 4 is 27.0 Å². The maximum absolute atomic E-state index is 11.0. The van der Waals surface area contributed by atoms with Gasteiger partial charge < -0.3 is 28.5 Å². The second kappa shape index (κ2) is 13.2. The number of hydrogen-bond acceptors (Lipinski definition) is 6. The fraction of sp³-hybridized carbons (Fsp3) is 0.357. The Labute approximate surface area is 216 Å². The van der Waals surface area contributed by atoms with Gasteiger partial charge in [0.25, 0.3) is 0 Å². The van der Waals surface area contributed by atoms with Crippen LogP contribution in [0, 0.1) is 0 Å². The van der Waals surface area contributed by atoms with E-state index in [2.05, 4.69) is 0 Å². The summed E-state index contributed by atoms with van der Waals surface area (Å²) in [4.78, 5) is 21.9. The van der Waals surface area contributed by atoms with Crippen LogP contribution >= 0.6 is 0 Å². The summed E-state index contributed by atoms with van der Waals surface area (Å²) in [6.07, 6.45) is 0. The van der Waals surface area contributed by atoms with Crippen LogP contribution in [-0.2, 0) is 22.7 Å². The van der Waals surface area contributed by atoms with E-state index in [-0.39, 0.29) is 0 Å². The lowest BCUT2D eigenvalue weighted by Gasteiger charge is -2.26. The van der Waals surface area contributed by atoms with Crippen molar-refractivity contribution in [2.45, 2.75) is 39.4 Å². The zero-order valence-corrected chi connectivity index (χ0v) is 23.7.